The summed E-state index contributed by atoms with van der Waals surface area (Å²) in [5.74, 6) is -0.118. The quantitative estimate of drug-likeness (QED) is 0.738. The number of piperidine rings is 1. The molecule has 168 valence electrons. The molecule has 2 unspecified atom stereocenters. The van der Waals surface area contributed by atoms with E-state index in [9.17, 15) is 9.59 Å². The van der Waals surface area contributed by atoms with E-state index in [-0.39, 0.29) is 23.8 Å². The van der Waals surface area contributed by atoms with Gasteiger partial charge in [0, 0.05) is 31.9 Å². The zero-order valence-corrected chi connectivity index (χ0v) is 18.6. The largest absolute Gasteiger partial charge is 0.381 e. The number of rotatable bonds is 6. The Morgan fingerprint density at radius 3 is 2.68 bits per heavy atom. The SMILES string of the molecule is CCn1ncc2c(NC(C)C3CCCCC3)c(C(=O)N3CCCC(C(N)=O)C3)cnc21. The standard InChI is InChI=1S/C23H34N6O2/c1-3-29-22-18(13-26-29)20(27-15(2)16-8-5-4-6-9-16)19(12-25-22)23(31)28-11-7-10-17(14-28)21(24)30/h12-13,15-17H,3-11,14H2,1-2H3,(H2,24,30)(H,25,27). The van der Waals surface area contributed by atoms with Crippen LogP contribution in [0.2, 0.25) is 0 Å². The molecule has 2 fully saturated rings. The lowest BCUT2D eigenvalue weighted by atomic mass is 9.84. The van der Waals surface area contributed by atoms with Crippen LogP contribution in [0.3, 0.4) is 0 Å². The third-order valence-electron chi connectivity index (χ3n) is 7.04. The van der Waals surface area contributed by atoms with Gasteiger partial charge in [-0.25, -0.2) is 9.67 Å². The van der Waals surface area contributed by atoms with E-state index in [4.69, 9.17) is 5.73 Å². The molecule has 2 aromatic rings. The number of nitrogens with zero attached hydrogens (tertiary/aromatic N) is 4. The molecular weight excluding hydrogens is 392 g/mol. The molecule has 8 nitrogen and oxygen atoms in total. The van der Waals surface area contributed by atoms with E-state index < -0.39 is 0 Å². The van der Waals surface area contributed by atoms with Gasteiger partial charge in [0.25, 0.3) is 5.91 Å². The minimum absolute atomic E-state index is 0.0945. The Labute approximate surface area is 183 Å². The molecule has 3 N–H and O–H groups in total. The van der Waals surface area contributed by atoms with Gasteiger partial charge in [-0.05, 0) is 45.4 Å². The molecular formula is C23H34N6O2. The summed E-state index contributed by atoms with van der Waals surface area (Å²) >= 11 is 0. The van der Waals surface area contributed by atoms with Crippen LogP contribution in [0.1, 0.15) is 69.2 Å². The molecule has 2 amide bonds. The van der Waals surface area contributed by atoms with Crippen molar-refractivity contribution in [3.8, 4) is 0 Å². The summed E-state index contributed by atoms with van der Waals surface area (Å²) in [6, 6.07) is 0.252. The first-order chi connectivity index (χ1) is 15.0. The number of aromatic nitrogens is 3. The van der Waals surface area contributed by atoms with Crippen molar-refractivity contribution in [2.45, 2.75) is 71.4 Å². The van der Waals surface area contributed by atoms with Gasteiger partial charge in [0.05, 0.1) is 28.8 Å². The van der Waals surface area contributed by atoms with Gasteiger partial charge in [-0.15, -0.1) is 0 Å². The van der Waals surface area contributed by atoms with E-state index in [0.29, 0.717) is 31.1 Å². The maximum absolute atomic E-state index is 13.5. The van der Waals surface area contributed by atoms with Crippen molar-refractivity contribution in [2.24, 2.45) is 17.6 Å². The third-order valence-corrected chi connectivity index (χ3v) is 7.04. The van der Waals surface area contributed by atoms with Gasteiger partial charge in [-0.2, -0.15) is 5.10 Å². The number of amides is 2. The van der Waals surface area contributed by atoms with Gasteiger partial charge in [0.2, 0.25) is 5.91 Å². The minimum atomic E-state index is -0.334. The molecule has 1 saturated heterocycles. The fourth-order valence-corrected chi connectivity index (χ4v) is 5.12. The molecule has 2 aromatic heterocycles. The summed E-state index contributed by atoms with van der Waals surface area (Å²) in [7, 11) is 0. The number of hydrogen-bond donors (Lipinski definition) is 2. The second kappa shape index (κ2) is 9.24. The number of nitrogens with one attached hydrogen (secondary N) is 1. The van der Waals surface area contributed by atoms with Crippen molar-refractivity contribution >= 4 is 28.5 Å². The van der Waals surface area contributed by atoms with E-state index >= 15 is 0 Å². The molecule has 31 heavy (non-hydrogen) atoms. The molecule has 2 atom stereocenters. The first-order valence-corrected chi connectivity index (χ1v) is 11.7. The van der Waals surface area contributed by atoms with E-state index in [1.807, 2.05) is 11.6 Å². The zero-order chi connectivity index (χ0) is 22.0. The lowest BCUT2D eigenvalue weighted by molar-refractivity contribution is -0.123. The average Bonchev–Trinajstić information content (AvgIpc) is 3.23. The molecule has 1 aliphatic carbocycles. The Hall–Kier alpha value is -2.64. The summed E-state index contributed by atoms with van der Waals surface area (Å²) in [6.45, 7) is 5.96. The van der Waals surface area contributed by atoms with Gasteiger partial charge in [-0.1, -0.05) is 19.3 Å². The Kier molecular flexibility index (Phi) is 6.43. The van der Waals surface area contributed by atoms with Gasteiger partial charge < -0.3 is 16.0 Å². The van der Waals surface area contributed by atoms with Crippen molar-refractivity contribution in [3.05, 3.63) is 18.0 Å². The Bertz CT molecular complexity index is 949. The Morgan fingerprint density at radius 1 is 1.19 bits per heavy atom. The number of nitrogens with two attached hydrogens (primary N) is 1. The number of carbonyl (C=O) groups is 2. The highest BCUT2D eigenvalue weighted by molar-refractivity contribution is 6.06. The number of hydrogen-bond acceptors (Lipinski definition) is 5. The van der Waals surface area contributed by atoms with Crippen LogP contribution in [0.4, 0.5) is 5.69 Å². The van der Waals surface area contributed by atoms with Gasteiger partial charge in [-0.3, -0.25) is 9.59 Å². The summed E-state index contributed by atoms with van der Waals surface area (Å²) in [4.78, 5) is 31.6. The fourth-order valence-electron chi connectivity index (χ4n) is 5.12. The second-order valence-corrected chi connectivity index (χ2v) is 9.07. The highest BCUT2D eigenvalue weighted by Crippen LogP contribution is 2.33. The number of pyridine rings is 1. The highest BCUT2D eigenvalue weighted by atomic mass is 16.2. The van der Waals surface area contributed by atoms with Crippen LogP contribution in [0.15, 0.2) is 12.4 Å². The van der Waals surface area contributed by atoms with E-state index in [1.54, 1.807) is 17.3 Å². The summed E-state index contributed by atoms with van der Waals surface area (Å²) in [5.41, 5.74) is 7.68. The smallest absolute Gasteiger partial charge is 0.257 e. The van der Waals surface area contributed by atoms with E-state index in [1.165, 1.54) is 32.1 Å². The van der Waals surface area contributed by atoms with Gasteiger partial charge >= 0.3 is 0 Å². The number of likely N-dealkylation sites (tertiary alicyclic amines) is 1. The number of primary amides is 1. The maximum atomic E-state index is 13.5. The molecule has 2 aliphatic rings. The molecule has 0 bridgehead atoms. The Balaban J connectivity index is 1.67. The van der Waals surface area contributed by atoms with Crippen molar-refractivity contribution < 1.29 is 9.59 Å². The van der Waals surface area contributed by atoms with E-state index in [0.717, 1.165) is 29.6 Å². The monoisotopic (exact) mass is 426 g/mol. The lowest BCUT2D eigenvalue weighted by Crippen LogP contribution is -2.44. The van der Waals surface area contributed by atoms with Crippen LogP contribution in [-0.4, -0.2) is 50.6 Å². The molecule has 1 aliphatic heterocycles. The van der Waals surface area contributed by atoms with Gasteiger partial charge in [0.1, 0.15) is 0 Å². The number of carbonyl (C=O) groups excluding carboxylic acids is 2. The van der Waals surface area contributed by atoms with Crippen LogP contribution in [-0.2, 0) is 11.3 Å². The van der Waals surface area contributed by atoms with Crippen LogP contribution < -0.4 is 11.1 Å². The normalized spacial score (nSPS) is 21.2. The molecule has 8 heteroatoms. The first kappa shape index (κ1) is 21.6. The molecule has 4 rings (SSSR count). The zero-order valence-electron chi connectivity index (χ0n) is 18.6. The first-order valence-electron chi connectivity index (χ1n) is 11.7. The lowest BCUT2D eigenvalue weighted by Gasteiger charge is -2.33. The predicted octanol–water partition coefficient (Wildman–Crippen LogP) is 3.17. The summed E-state index contributed by atoms with van der Waals surface area (Å²) in [5, 5.41) is 9.03. The van der Waals surface area contributed by atoms with Crippen molar-refractivity contribution in [3.63, 3.8) is 0 Å². The molecule has 1 saturated carbocycles. The molecule has 0 spiro atoms. The minimum Gasteiger partial charge on any atom is -0.381 e. The van der Waals surface area contributed by atoms with Crippen LogP contribution in [0.25, 0.3) is 11.0 Å². The van der Waals surface area contributed by atoms with Crippen molar-refractivity contribution in [2.75, 3.05) is 18.4 Å². The van der Waals surface area contributed by atoms with Crippen LogP contribution in [0, 0.1) is 11.8 Å². The Morgan fingerprint density at radius 2 is 1.97 bits per heavy atom. The maximum Gasteiger partial charge on any atom is 0.257 e. The summed E-state index contributed by atoms with van der Waals surface area (Å²) < 4.78 is 1.85. The van der Waals surface area contributed by atoms with Crippen LogP contribution in [0.5, 0.6) is 0 Å². The number of fused-ring (bicyclic) bond motifs is 1. The third kappa shape index (κ3) is 4.38. The predicted molar refractivity (Wildman–Crippen MR) is 121 cm³/mol. The fraction of sp³-hybridized carbons (Fsp3) is 0.652. The molecule has 0 aromatic carbocycles. The number of aryl methyl sites for hydroxylation is 1. The van der Waals surface area contributed by atoms with Crippen LogP contribution >= 0.6 is 0 Å². The highest BCUT2D eigenvalue weighted by Gasteiger charge is 2.30. The van der Waals surface area contributed by atoms with Gasteiger partial charge in [0.15, 0.2) is 5.65 Å². The van der Waals surface area contributed by atoms with E-state index in [2.05, 4.69) is 22.3 Å². The molecule has 0 radical (unpaired) electrons. The second-order valence-electron chi connectivity index (χ2n) is 9.07. The van der Waals surface area contributed by atoms with Crippen molar-refractivity contribution in [1.82, 2.24) is 19.7 Å². The molecule has 3 heterocycles. The van der Waals surface area contributed by atoms with Crippen molar-refractivity contribution in [1.29, 1.82) is 0 Å². The summed E-state index contributed by atoms with van der Waals surface area (Å²) in [6.07, 6.45) is 11.3. The average molecular weight is 427 g/mol. The number of anilines is 1. The topological polar surface area (TPSA) is 106 Å².